The molecule has 0 fully saturated rings. The van der Waals surface area contributed by atoms with Gasteiger partial charge < -0.3 is 10.0 Å². The molecule has 0 amide bonds. The second-order valence-corrected chi connectivity index (χ2v) is 8.34. The molecule has 0 aromatic heterocycles. The van der Waals surface area contributed by atoms with Gasteiger partial charge in [-0.25, -0.2) is 0 Å². The highest BCUT2D eigenvalue weighted by molar-refractivity contribution is 6.30. The fourth-order valence-corrected chi connectivity index (χ4v) is 3.69. The van der Waals surface area contributed by atoms with Crippen LogP contribution in [0.4, 0.5) is 0 Å². The molecule has 0 radical (unpaired) electrons. The smallest absolute Gasteiger partial charge is 0.0916 e. The van der Waals surface area contributed by atoms with E-state index in [2.05, 4.69) is 18.7 Å². The Morgan fingerprint density at radius 3 is 1.67 bits per heavy atom. The quantitative estimate of drug-likeness (QED) is 0.278. The highest BCUT2D eigenvalue weighted by Gasteiger charge is 2.13. The van der Waals surface area contributed by atoms with Crippen LogP contribution >= 0.6 is 11.6 Å². The van der Waals surface area contributed by atoms with Crippen LogP contribution in [0, 0.1) is 0 Å². The molecular weight excluding hydrogens is 354 g/mol. The van der Waals surface area contributed by atoms with Crippen molar-refractivity contribution < 1.29 is 5.11 Å². The molecule has 1 aromatic rings. The van der Waals surface area contributed by atoms with Crippen molar-refractivity contribution in [2.24, 2.45) is 0 Å². The Morgan fingerprint density at radius 1 is 0.741 bits per heavy atom. The van der Waals surface area contributed by atoms with Gasteiger partial charge in [-0.2, -0.15) is 0 Å². The molecule has 2 nitrogen and oxygen atoms in total. The molecular formula is C24H42ClNO. The highest BCUT2D eigenvalue weighted by atomic mass is 35.5. The van der Waals surface area contributed by atoms with Gasteiger partial charge in [0.05, 0.1) is 6.10 Å². The van der Waals surface area contributed by atoms with Crippen molar-refractivity contribution >= 4 is 11.6 Å². The van der Waals surface area contributed by atoms with Crippen LogP contribution in [0.2, 0.25) is 5.02 Å². The summed E-state index contributed by atoms with van der Waals surface area (Å²) < 4.78 is 0. The lowest BCUT2D eigenvalue weighted by Crippen LogP contribution is -2.31. The van der Waals surface area contributed by atoms with Crippen LogP contribution in [0.1, 0.15) is 103 Å². The van der Waals surface area contributed by atoms with E-state index in [4.69, 9.17) is 11.6 Å². The first-order valence-electron chi connectivity index (χ1n) is 11.3. The van der Waals surface area contributed by atoms with E-state index >= 15 is 0 Å². The minimum absolute atomic E-state index is 0.428. The molecule has 0 aliphatic heterocycles. The van der Waals surface area contributed by atoms with Crippen LogP contribution in [-0.2, 0) is 0 Å². The minimum Gasteiger partial charge on any atom is -0.387 e. The van der Waals surface area contributed by atoms with Gasteiger partial charge in [-0.15, -0.1) is 0 Å². The molecule has 0 saturated carbocycles. The SMILES string of the molecule is CCCCCCCCN(CCCCCCCC)CC(O)c1ccc(Cl)cc1. The summed E-state index contributed by atoms with van der Waals surface area (Å²) in [5.41, 5.74) is 0.968. The molecule has 1 rings (SSSR count). The normalized spacial score (nSPS) is 12.6. The first-order valence-corrected chi connectivity index (χ1v) is 11.7. The summed E-state index contributed by atoms with van der Waals surface area (Å²) in [6.45, 7) is 7.46. The van der Waals surface area contributed by atoms with Crippen molar-refractivity contribution in [1.29, 1.82) is 0 Å². The molecule has 0 aliphatic rings. The van der Waals surface area contributed by atoms with Crippen molar-refractivity contribution in [3.63, 3.8) is 0 Å². The first kappa shape index (κ1) is 24.5. The van der Waals surface area contributed by atoms with Gasteiger partial charge in [-0.3, -0.25) is 0 Å². The van der Waals surface area contributed by atoms with Gasteiger partial charge in [0.2, 0.25) is 0 Å². The predicted octanol–water partition coefficient (Wildman–Crippen LogP) is 7.40. The number of hydrogen-bond donors (Lipinski definition) is 1. The number of aliphatic hydroxyl groups excluding tert-OH is 1. The van der Waals surface area contributed by atoms with Crippen LogP contribution < -0.4 is 0 Å². The Hall–Kier alpha value is -0.570. The van der Waals surface area contributed by atoms with E-state index < -0.39 is 6.10 Å². The molecule has 3 heteroatoms. The van der Waals surface area contributed by atoms with Gasteiger partial charge in [0, 0.05) is 11.6 Å². The predicted molar refractivity (Wildman–Crippen MR) is 120 cm³/mol. The van der Waals surface area contributed by atoms with Gasteiger partial charge in [0.25, 0.3) is 0 Å². The van der Waals surface area contributed by atoms with E-state index in [1.54, 1.807) is 0 Å². The highest BCUT2D eigenvalue weighted by Crippen LogP contribution is 2.18. The van der Waals surface area contributed by atoms with E-state index in [9.17, 15) is 5.11 Å². The number of aliphatic hydroxyl groups is 1. The molecule has 1 aromatic carbocycles. The fraction of sp³-hybridized carbons (Fsp3) is 0.750. The number of nitrogens with zero attached hydrogens (tertiary/aromatic N) is 1. The summed E-state index contributed by atoms with van der Waals surface area (Å²) in [6, 6.07) is 7.62. The van der Waals surface area contributed by atoms with Gasteiger partial charge in [0.15, 0.2) is 0 Å². The average molecular weight is 396 g/mol. The summed E-state index contributed by atoms with van der Waals surface area (Å²) in [4.78, 5) is 2.47. The average Bonchev–Trinajstić information content (AvgIpc) is 2.67. The molecule has 0 spiro atoms. The van der Waals surface area contributed by atoms with E-state index in [0.717, 1.165) is 30.2 Å². The molecule has 1 unspecified atom stereocenters. The Labute approximate surface area is 173 Å². The third-order valence-electron chi connectivity index (χ3n) is 5.34. The fourth-order valence-electron chi connectivity index (χ4n) is 3.56. The maximum Gasteiger partial charge on any atom is 0.0916 e. The van der Waals surface area contributed by atoms with Crippen LogP contribution in [0.5, 0.6) is 0 Å². The number of benzene rings is 1. The minimum atomic E-state index is -0.428. The second-order valence-electron chi connectivity index (χ2n) is 7.90. The van der Waals surface area contributed by atoms with Gasteiger partial charge in [-0.1, -0.05) is 102 Å². The Morgan fingerprint density at radius 2 is 1.19 bits per heavy atom. The lowest BCUT2D eigenvalue weighted by atomic mass is 10.1. The number of halogens is 1. The number of unbranched alkanes of at least 4 members (excludes halogenated alkanes) is 10. The molecule has 0 bridgehead atoms. The Bertz CT molecular complexity index is 432. The zero-order valence-electron chi connectivity index (χ0n) is 17.8. The topological polar surface area (TPSA) is 23.5 Å². The lowest BCUT2D eigenvalue weighted by molar-refractivity contribution is 0.110. The molecule has 0 aliphatic carbocycles. The number of hydrogen-bond acceptors (Lipinski definition) is 2. The zero-order valence-corrected chi connectivity index (χ0v) is 18.5. The van der Waals surface area contributed by atoms with Gasteiger partial charge >= 0.3 is 0 Å². The van der Waals surface area contributed by atoms with E-state index in [1.807, 2.05) is 24.3 Å². The largest absolute Gasteiger partial charge is 0.387 e. The monoisotopic (exact) mass is 395 g/mol. The van der Waals surface area contributed by atoms with Gasteiger partial charge in [0.1, 0.15) is 0 Å². The standard InChI is InChI=1S/C24H42ClNO/c1-3-5-7-9-11-13-19-26(20-14-12-10-8-6-4-2)21-24(27)22-15-17-23(25)18-16-22/h15-18,24,27H,3-14,19-21H2,1-2H3. The van der Waals surface area contributed by atoms with Crippen LogP contribution in [0.15, 0.2) is 24.3 Å². The molecule has 156 valence electrons. The third kappa shape index (κ3) is 12.5. The maximum absolute atomic E-state index is 10.6. The van der Waals surface area contributed by atoms with E-state index in [-0.39, 0.29) is 0 Å². The molecule has 1 N–H and O–H groups in total. The van der Waals surface area contributed by atoms with Crippen molar-refractivity contribution in [2.75, 3.05) is 19.6 Å². The van der Waals surface area contributed by atoms with Crippen molar-refractivity contribution in [2.45, 2.75) is 97.0 Å². The molecule has 27 heavy (non-hydrogen) atoms. The van der Waals surface area contributed by atoms with Crippen molar-refractivity contribution in [3.8, 4) is 0 Å². The summed E-state index contributed by atoms with van der Waals surface area (Å²) >= 11 is 5.97. The summed E-state index contributed by atoms with van der Waals surface area (Å²) in [5.74, 6) is 0. The summed E-state index contributed by atoms with van der Waals surface area (Å²) in [6.07, 6.45) is 15.4. The van der Waals surface area contributed by atoms with E-state index in [1.165, 1.54) is 77.0 Å². The first-order chi connectivity index (χ1) is 13.2. The van der Waals surface area contributed by atoms with Crippen LogP contribution in [0.3, 0.4) is 0 Å². The third-order valence-corrected chi connectivity index (χ3v) is 5.59. The molecule has 0 heterocycles. The summed E-state index contributed by atoms with van der Waals surface area (Å²) in [5, 5.41) is 11.4. The second kappa shape index (κ2) is 16.4. The number of rotatable bonds is 17. The van der Waals surface area contributed by atoms with Crippen LogP contribution in [-0.4, -0.2) is 29.6 Å². The van der Waals surface area contributed by atoms with Gasteiger partial charge in [-0.05, 0) is 43.6 Å². The Kier molecular flexibility index (Phi) is 14.9. The van der Waals surface area contributed by atoms with Crippen LogP contribution in [0.25, 0.3) is 0 Å². The van der Waals surface area contributed by atoms with E-state index in [0.29, 0.717) is 0 Å². The maximum atomic E-state index is 10.6. The van der Waals surface area contributed by atoms with Crippen molar-refractivity contribution in [3.05, 3.63) is 34.9 Å². The lowest BCUT2D eigenvalue weighted by Gasteiger charge is -2.25. The van der Waals surface area contributed by atoms with Crippen molar-refractivity contribution in [1.82, 2.24) is 4.90 Å². The molecule has 0 saturated heterocycles. The summed E-state index contributed by atoms with van der Waals surface area (Å²) in [7, 11) is 0. The molecule has 1 atom stereocenters. The Balaban J connectivity index is 2.39. The zero-order chi connectivity index (χ0) is 19.7.